The van der Waals surface area contributed by atoms with Gasteiger partial charge < -0.3 is 4.18 Å². The molecule has 0 atom stereocenters. The Kier molecular flexibility index (Phi) is 1.00. The summed E-state index contributed by atoms with van der Waals surface area (Å²) in [5, 5.41) is 0. The Balaban J connectivity index is 2.85. The van der Waals surface area contributed by atoms with Gasteiger partial charge in [-0.05, 0) is 0 Å². The van der Waals surface area contributed by atoms with E-state index >= 15 is 0 Å². The summed E-state index contributed by atoms with van der Waals surface area (Å²) in [6.45, 7) is 1.50. The highest BCUT2D eigenvalue weighted by atomic mass is 32.2. The molecule has 0 saturated carbocycles. The lowest BCUT2D eigenvalue weighted by molar-refractivity contribution is 0.495. The van der Waals surface area contributed by atoms with Crippen LogP contribution in [0.2, 0.25) is 0 Å². The van der Waals surface area contributed by atoms with Crippen molar-refractivity contribution in [2.24, 2.45) is 4.99 Å². The molecule has 5 heteroatoms. The second-order valence-corrected chi connectivity index (χ2v) is 2.99. The quantitative estimate of drug-likeness (QED) is 0.429. The SMILES string of the molecule is CC1=NCS(=O)(=O)O1. The van der Waals surface area contributed by atoms with Crippen molar-refractivity contribution in [1.29, 1.82) is 0 Å². The topological polar surface area (TPSA) is 55.7 Å². The van der Waals surface area contributed by atoms with Gasteiger partial charge in [-0.3, -0.25) is 0 Å². The molecule has 0 spiro atoms. The van der Waals surface area contributed by atoms with Crippen LogP contribution in [0.3, 0.4) is 0 Å². The monoisotopic (exact) mass is 135 g/mol. The average molecular weight is 135 g/mol. The number of nitrogens with zero attached hydrogens (tertiary/aromatic N) is 1. The first-order valence-corrected chi connectivity index (χ1v) is 3.61. The molecule has 0 saturated heterocycles. The molecule has 4 nitrogen and oxygen atoms in total. The van der Waals surface area contributed by atoms with E-state index in [1.54, 1.807) is 0 Å². The lowest BCUT2D eigenvalue weighted by atomic mass is 10.8. The minimum Gasteiger partial charge on any atom is -0.366 e. The fourth-order valence-corrected chi connectivity index (χ4v) is 1.22. The minimum absolute atomic E-state index is 0.223. The Morgan fingerprint density at radius 1 is 1.75 bits per heavy atom. The number of hydrogen-bond acceptors (Lipinski definition) is 4. The standard InChI is InChI=1S/C3H5NO3S/c1-3-4-2-8(5,6)7-3/h2H2,1H3. The van der Waals surface area contributed by atoms with Gasteiger partial charge in [0.2, 0.25) is 5.90 Å². The molecule has 0 N–H and O–H groups in total. The summed E-state index contributed by atoms with van der Waals surface area (Å²) in [5.74, 6) is 0.00347. The maximum atomic E-state index is 10.3. The highest BCUT2D eigenvalue weighted by molar-refractivity contribution is 7.87. The molecule has 0 aliphatic carbocycles. The largest absolute Gasteiger partial charge is 0.366 e. The first-order valence-electron chi connectivity index (χ1n) is 2.03. The zero-order valence-electron chi connectivity index (χ0n) is 4.29. The molecule has 1 aliphatic rings. The normalized spacial score (nSPS) is 24.4. The minimum atomic E-state index is -3.30. The van der Waals surface area contributed by atoms with E-state index in [1.165, 1.54) is 6.92 Å². The van der Waals surface area contributed by atoms with E-state index in [2.05, 4.69) is 9.18 Å². The Labute approximate surface area is 47.3 Å². The van der Waals surface area contributed by atoms with Crippen LogP contribution < -0.4 is 0 Å². The maximum absolute atomic E-state index is 10.3. The van der Waals surface area contributed by atoms with Gasteiger partial charge in [0.25, 0.3) is 0 Å². The zero-order valence-corrected chi connectivity index (χ0v) is 5.10. The second kappa shape index (κ2) is 1.45. The Morgan fingerprint density at radius 2 is 2.38 bits per heavy atom. The van der Waals surface area contributed by atoms with Crippen LogP contribution in [-0.2, 0) is 14.3 Å². The molecule has 46 valence electrons. The van der Waals surface area contributed by atoms with Gasteiger partial charge >= 0.3 is 10.1 Å². The van der Waals surface area contributed by atoms with Gasteiger partial charge in [0.05, 0.1) is 0 Å². The van der Waals surface area contributed by atoms with Crippen LogP contribution in [0, 0.1) is 0 Å². The van der Waals surface area contributed by atoms with Crippen LogP contribution in [0.15, 0.2) is 4.99 Å². The van der Waals surface area contributed by atoms with E-state index in [0.29, 0.717) is 0 Å². The predicted octanol–water partition coefficient (Wildman–Crippen LogP) is -0.278. The van der Waals surface area contributed by atoms with Crippen molar-refractivity contribution in [2.45, 2.75) is 6.92 Å². The van der Waals surface area contributed by atoms with Crippen molar-refractivity contribution in [1.82, 2.24) is 0 Å². The maximum Gasteiger partial charge on any atom is 0.330 e. The molecule has 1 heterocycles. The van der Waals surface area contributed by atoms with Crippen molar-refractivity contribution in [3.63, 3.8) is 0 Å². The summed E-state index contributed by atoms with van der Waals surface area (Å²) in [6.07, 6.45) is 0. The molecule has 0 amide bonds. The van der Waals surface area contributed by atoms with Gasteiger partial charge in [-0.15, -0.1) is 0 Å². The van der Waals surface area contributed by atoms with E-state index in [0.717, 1.165) is 0 Å². The molecule has 0 aromatic rings. The smallest absolute Gasteiger partial charge is 0.330 e. The van der Waals surface area contributed by atoms with Crippen molar-refractivity contribution in [2.75, 3.05) is 5.88 Å². The summed E-state index contributed by atoms with van der Waals surface area (Å²) >= 11 is 0. The van der Waals surface area contributed by atoms with Crippen LogP contribution in [0.1, 0.15) is 6.92 Å². The van der Waals surface area contributed by atoms with E-state index in [9.17, 15) is 8.42 Å². The molecular formula is C3H5NO3S. The van der Waals surface area contributed by atoms with E-state index in [4.69, 9.17) is 0 Å². The summed E-state index contributed by atoms with van der Waals surface area (Å²) < 4.78 is 24.9. The first-order chi connectivity index (χ1) is 3.60. The third kappa shape index (κ3) is 0.975. The molecular weight excluding hydrogens is 130 g/mol. The second-order valence-electron chi connectivity index (χ2n) is 1.45. The summed E-state index contributed by atoms with van der Waals surface area (Å²) in [7, 11) is -3.30. The van der Waals surface area contributed by atoms with Gasteiger partial charge in [-0.2, -0.15) is 8.42 Å². The molecule has 0 unspecified atom stereocenters. The van der Waals surface area contributed by atoms with Crippen LogP contribution in [0.25, 0.3) is 0 Å². The Hall–Kier alpha value is -0.580. The van der Waals surface area contributed by atoms with Gasteiger partial charge in [-0.25, -0.2) is 4.99 Å². The van der Waals surface area contributed by atoms with Crippen LogP contribution in [0.4, 0.5) is 0 Å². The van der Waals surface area contributed by atoms with Gasteiger partial charge in [0, 0.05) is 6.92 Å². The summed E-state index contributed by atoms with van der Waals surface area (Å²) in [6, 6.07) is 0. The molecule has 0 aromatic carbocycles. The third-order valence-corrected chi connectivity index (χ3v) is 1.63. The fraction of sp³-hybridized carbons (Fsp3) is 0.667. The molecule has 0 aromatic heterocycles. The highest BCUT2D eigenvalue weighted by Gasteiger charge is 2.18. The number of hydrogen-bond donors (Lipinski definition) is 0. The summed E-state index contributed by atoms with van der Waals surface area (Å²) in [5.41, 5.74) is 0. The third-order valence-electron chi connectivity index (χ3n) is 0.693. The Morgan fingerprint density at radius 3 is 2.50 bits per heavy atom. The van der Waals surface area contributed by atoms with E-state index < -0.39 is 10.1 Å². The fourth-order valence-electron chi connectivity index (χ4n) is 0.406. The van der Waals surface area contributed by atoms with Crippen molar-refractivity contribution < 1.29 is 12.6 Å². The number of aliphatic imine (C=N–C) groups is 1. The van der Waals surface area contributed by atoms with Crippen molar-refractivity contribution in [3.8, 4) is 0 Å². The van der Waals surface area contributed by atoms with Crippen LogP contribution in [0.5, 0.6) is 0 Å². The van der Waals surface area contributed by atoms with Gasteiger partial charge in [-0.1, -0.05) is 0 Å². The zero-order chi connectivity index (χ0) is 6.20. The van der Waals surface area contributed by atoms with Crippen LogP contribution in [-0.4, -0.2) is 20.2 Å². The van der Waals surface area contributed by atoms with Gasteiger partial charge in [0.1, 0.15) is 0 Å². The van der Waals surface area contributed by atoms with E-state index in [1.807, 2.05) is 0 Å². The molecule has 8 heavy (non-hydrogen) atoms. The molecule has 1 aliphatic heterocycles. The van der Waals surface area contributed by atoms with Crippen molar-refractivity contribution >= 4 is 16.0 Å². The summed E-state index contributed by atoms with van der Waals surface area (Å²) in [4.78, 5) is 3.50. The van der Waals surface area contributed by atoms with E-state index in [-0.39, 0.29) is 11.8 Å². The molecule has 0 fully saturated rings. The Bertz CT molecular complexity index is 215. The first kappa shape index (κ1) is 5.55. The highest BCUT2D eigenvalue weighted by Crippen LogP contribution is 2.03. The average Bonchev–Trinajstić information content (AvgIpc) is 1.82. The predicted molar refractivity (Wildman–Crippen MR) is 28.0 cm³/mol. The molecule has 1 rings (SSSR count). The van der Waals surface area contributed by atoms with Crippen molar-refractivity contribution in [3.05, 3.63) is 0 Å². The molecule has 0 bridgehead atoms. The lowest BCUT2D eigenvalue weighted by Crippen LogP contribution is -2.01. The molecule has 0 radical (unpaired) electrons. The lowest BCUT2D eigenvalue weighted by Gasteiger charge is -1.88. The van der Waals surface area contributed by atoms with Crippen LogP contribution >= 0.6 is 0 Å². The number of rotatable bonds is 0. The van der Waals surface area contributed by atoms with Gasteiger partial charge in [0.15, 0.2) is 5.88 Å².